The molecule has 0 aliphatic carbocycles. The van der Waals surface area contributed by atoms with Gasteiger partial charge < -0.3 is 15.4 Å². The van der Waals surface area contributed by atoms with E-state index in [0.29, 0.717) is 5.41 Å². The van der Waals surface area contributed by atoms with Gasteiger partial charge >= 0.3 is 0 Å². The maximum absolute atomic E-state index is 5.79. The van der Waals surface area contributed by atoms with E-state index in [9.17, 15) is 0 Å². The molecule has 0 amide bonds. The van der Waals surface area contributed by atoms with Crippen molar-refractivity contribution in [1.29, 1.82) is 0 Å². The summed E-state index contributed by atoms with van der Waals surface area (Å²) < 4.78 is 5.59. The Morgan fingerprint density at radius 2 is 1.94 bits per heavy atom. The second kappa shape index (κ2) is 7.25. The van der Waals surface area contributed by atoms with Gasteiger partial charge in [-0.25, -0.2) is 0 Å². The van der Waals surface area contributed by atoms with Crippen molar-refractivity contribution in [2.24, 2.45) is 11.1 Å². The number of nitrogens with zero attached hydrogens (tertiary/aromatic N) is 1. The quantitative estimate of drug-likeness (QED) is 0.676. The van der Waals surface area contributed by atoms with Gasteiger partial charge in [0.25, 0.3) is 0 Å². The number of piperidine rings is 1. The third-order valence-electron chi connectivity index (χ3n) is 3.75. The van der Waals surface area contributed by atoms with E-state index in [-0.39, 0.29) is 0 Å². The minimum absolute atomic E-state index is 0.388. The third kappa shape index (κ3) is 4.81. The van der Waals surface area contributed by atoms with Crippen molar-refractivity contribution in [1.82, 2.24) is 4.90 Å². The van der Waals surface area contributed by atoms with Gasteiger partial charge in [-0.3, -0.25) is 0 Å². The molecule has 16 heavy (non-hydrogen) atoms. The molecule has 0 aromatic carbocycles. The topological polar surface area (TPSA) is 38.5 Å². The second-order valence-electron chi connectivity index (χ2n) is 5.32. The van der Waals surface area contributed by atoms with Crippen LogP contribution in [0.2, 0.25) is 0 Å². The van der Waals surface area contributed by atoms with E-state index in [4.69, 9.17) is 10.5 Å². The summed E-state index contributed by atoms with van der Waals surface area (Å²) in [6.45, 7) is 10.6. The molecule has 3 heteroatoms. The van der Waals surface area contributed by atoms with E-state index in [1.807, 2.05) is 0 Å². The lowest BCUT2D eigenvalue weighted by Gasteiger charge is -2.38. The molecule has 1 fully saturated rings. The fourth-order valence-electron chi connectivity index (χ4n) is 2.06. The summed E-state index contributed by atoms with van der Waals surface area (Å²) in [4.78, 5) is 2.50. The van der Waals surface area contributed by atoms with Crippen molar-refractivity contribution in [3.05, 3.63) is 0 Å². The number of hydrogen-bond acceptors (Lipinski definition) is 3. The van der Waals surface area contributed by atoms with Crippen molar-refractivity contribution >= 4 is 0 Å². The minimum atomic E-state index is 0.388. The zero-order valence-corrected chi connectivity index (χ0v) is 11.0. The fourth-order valence-corrected chi connectivity index (χ4v) is 2.06. The predicted octanol–water partition coefficient (Wildman–Crippen LogP) is 1.86. The first-order chi connectivity index (χ1) is 7.70. The molecule has 0 unspecified atom stereocenters. The van der Waals surface area contributed by atoms with Crippen molar-refractivity contribution in [3.63, 3.8) is 0 Å². The molecule has 1 rings (SSSR count). The minimum Gasteiger partial charge on any atom is -0.380 e. The van der Waals surface area contributed by atoms with Crippen molar-refractivity contribution < 1.29 is 4.74 Å². The Labute approximate surface area is 100 Å². The molecular formula is C13H28N2O. The van der Waals surface area contributed by atoms with E-state index in [1.165, 1.54) is 38.8 Å². The van der Waals surface area contributed by atoms with Gasteiger partial charge in [-0.05, 0) is 44.3 Å². The van der Waals surface area contributed by atoms with E-state index < -0.39 is 0 Å². The average Bonchev–Trinajstić information content (AvgIpc) is 2.31. The van der Waals surface area contributed by atoms with Crippen LogP contribution in [0.1, 0.15) is 39.5 Å². The summed E-state index contributed by atoms with van der Waals surface area (Å²) in [7, 11) is 0. The van der Waals surface area contributed by atoms with Crippen molar-refractivity contribution in [2.75, 3.05) is 39.4 Å². The lowest BCUT2D eigenvalue weighted by molar-refractivity contribution is 0.0700. The lowest BCUT2D eigenvalue weighted by atomic mass is 9.80. The highest BCUT2D eigenvalue weighted by molar-refractivity contribution is 4.82. The predicted molar refractivity (Wildman–Crippen MR) is 68.6 cm³/mol. The van der Waals surface area contributed by atoms with Crippen LogP contribution in [0.4, 0.5) is 0 Å². The number of hydrogen-bond donors (Lipinski definition) is 1. The molecule has 0 atom stereocenters. The van der Waals surface area contributed by atoms with Crippen LogP contribution in [0, 0.1) is 5.41 Å². The van der Waals surface area contributed by atoms with Gasteiger partial charge in [0.2, 0.25) is 0 Å². The summed E-state index contributed by atoms with van der Waals surface area (Å²) in [5.41, 5.74) is 6.18. The molecular weight excluding hydrogens is 200 g/mol. The van der Waals surface area contributed by atoms with Gasteiger partial charge in [0.1, 0.15) is 0 Å². The van der Waals surface area contributed by atoms with E-state index >= 15 is 0 Å². The highest BCUT2D eigenvalue weighted by Crippen LogP contribution is 2.28. The van der Waals surface area contributed by atoms with E-state index in [0.717, 1.165) is 26.3 Å². The Hall–Kier alpha value is -0.120. The highest BCUT2D eigenvalue weighted by Gasteiger charge is 2.28. The van der Waals surface area contributed by atoms with Gasteiger partial charge in [0.15, 0.2) is 0 Å². The van der Waals surface area contributed by atoms with Crippen molar-refractivity contribution in [2.45, 2.75) is 39.5 Å². The number of likely N-dealkylation sites (tertiary alicyclic amines) is 1. The summed E-state index contributed by atoms with van der Waals surface area (Å²) in [5.74, 6) is 0. The summed E-state index contributed by atoms with van der Waals surface area (Å²) >= 11 is 0. The maximum atomic E-state index is 5.79. The Morgan fingerprint density at radius 3 is 2.50 bits per heavy atom. The molecule has 1 heterocycles. The van der Waals surface area contributed by atoms with Gasteiger partial charge in [0, 0.05) is 13.2 Å². The number of nitrogens with two attached hydrogens (primary N) is 1. The summed E-state index contributed by atoms with van der Waals surface area (Å²) in [6, 6.07) is 0. The monoisotopic (exact) mass is 228 g/mol. The lowest BCUT2D eigenvalue weighted by Crippen LogP contribution is -2.43. The first-order valence-electron chi connectivity index (χ1n) is 6.70. The summed E-state index contributed by atoms with van der Waals surface area (Å²) in [5, 5.41) is 0. The molecule has 2 N–H and O–H groups in total. The molecule has 0 radical (unpaired) electrons. The van der Waals surface area contributed by atoms with Crippen LogP contribution in [-0.2, 0) is 4.74 Å². The molecule has 0 bridgehead atoms. The van der Waals surface area contributed by atoms with Crippen LogP contribution in [0.5, 0.6) is 0 Å². The van der Waals surface area contributed by atoms with Crippen LogP contribution in [0.25, 0.3) is 0 Å². The second-order valence-corrected chi connectivity index (χ2v) is 5.32. The zero-order valence-electron chi connectivity index (χ0n) is 11.0. The molecule has 0 aromatic rings. The Kier molecular flexibility index (Phi) is 6.32. The molecule has 3 nitrogen and oxygen atoms in total. The maximum Gasteiger partial charge on any atom is 0.0593 e. The molecule has 0 saturated carbocycles. The standard InChI is InChI=1S/C13H28N2O/c1-3-4-10-16-11-9-15-7-5-13(2,12-14)6-8-15/h3-12,14H2,1-2H3. The molecule has 0 spiro atoms. The molecule has 96 valence electrons. The molecule has 1 saturated heterocycles. The van der Waals surface area contributed by atoms with E-state index in [2.05, 4.69) is 18.7 Å². The van der Waals surface area contributed by atoms with Crippen LogP contribution in [0.15, 0.2) is 0 Å². The zero-order chi connectivity index (χ0) is 11.9. The number of rotatable bonds is 7. The fraction of sp³-hybridized carbons (Fsp3) is 1.00. The Morgan fingerprint density at radius 1 is 1.25 bits per heavy atom. The SMILES string of the molecule is CCCCOCCN1CCC(C)(CN)CC1. The number of unbranched alkanes of at least 4 members (excludes halogenated alkanes) is 1. The third-order valence-corrected chi connectivity index (χ3v) is 3.75. The Balaban J connectivity index is 2.04. The van der Waals surface area contributed by atoms with Crippen LogP contribution >= 0.6 is 0 Å². The van der Waals surface area contributed by atoms with Crippen LogP contribution in [-0.4, -0.2) is 44.3 Å². The van der Waals surface area contributed by atoms with Crippen molar-refractivity contribution in [3.8, 4) is 0 Å². The number of ether oxygens (including phenoxy) is 1. The summed E-state index contributed by atoms with van der Waals surface area (Å²) in [6.07, 6.45) is 4.88. The van der Waals surface area contributed by atoms with Gasteiger partial charge in [0.05, 0.1) is 6.61 Å². The van der Waals surface area contributed by atoms with E-state index in [1.54, 1.807) is 0 Å². The largest absolute Gasteiger partial charge is 0.380 e. The normalized spacial score (nSPS) is 21.2. The first-order valence-corrected chi connectivity index (χ1v) is 6.70. The average molecular weight is 228 g/mol. The molecule has 1 aliphatic heterocycles. The van der Waals surface area contributed by atoms with Gasteiger partial charge in [-0.2, -0.15) is 0 Å². The Bertz CT molecular complexity index is 177. The van der Waals surface area contributed by atoms with Crippen LogP contribution in [0.3, 0.4) is 0 Å². The van der Waals surface area contributed by atoms with Gasteiger partial charge in [-0.1, -0.05) is 20.3 Å². The van der Waals surface area contributed by atoms with Crippen LogP contribution < -0.4 is 5.73 Å². The molecule has 0 aromatic heterocycles. The van der Waals surface area contributed by atoms with Gasteiger partial charge in [-0.15, -0.1) is 0 Å². The first kappa shape index (κ1) is 13.9. The molecule has 1 aliphatic rings. The highest BCUT2D eigenvalue weighted by atomic mass is 16.5. The smallest absolute Gasteiger partial charge is 0.0593 e.